The van der Waals surface area contributed by atoms with Crippen molar-refractivity contribution in [1.29, 1.82) is 0 Å². The van der Waals surface area contributed by atoms with Crippen molar-refractivity contribution >= 4 is 5.69 Å². The second-order valence-corrected chi connectivity index (χ2v) is 6.23. The summed E-state index contributed by atoms with van der Waals surface area (Å²) in [5.41, 5.74) is 3.66. The molecule has 0 amide bonds. The molecule has 1 aromatic carbocycles. The maximum Gasteiger partial charge on any atom is 0.0366 e. The molecule has 1 aliphatic carbocycles. The summed E-state index contributed by atoms with van der Waals surface area (Å²) in [4.78, 5) is 2.56. The molecular formula is C16H23N. The largest absolute Gasteiger partial charge is 0.371 e. The summed E-state index contributed by atoms with van der Waals surface area (Å²) in [5.74, 6) is 0.639. The Balaban J connectivity index is 1.67. The van der Waals surface area contributed by atoms with E-state index in [4.69, 9.17) is 0 Å². The second-order valence-electron chi connectivity index (χ2n) is 6.23. The summed E-state index contributed by atoms with van der Waals surface area (Å²) in [7, 11) is 0. The highest BCUT2D eigenvalue weighted by Crippen LogP contribution is 2.53. The third kappa shape index (κ3) is 2.20. The lowest BCUT2D eigenvalue weighted by atomic mass is 9.93. The van der Waals surface area contributed by atoms with Crippen LogP contribution in [-0.4, -0.2) is 13.1 Å². The molecule has 1 saturated carbocycles. The molecule has 1 spiro atoms. The smallest absolute Gasteiger partial charge is 0.0366 e. The minimum atomic E-state index is 0.639. The topological polar surface area (TPSA) is 3.24 Å². The summed E-state index contributed by atoms with van der Waals surface area (Å²) in [5, 5.41) is 0. The van der Waals surface area contributed by atoms with Crippen molar-refractivity contribution in [3.05, 3.63) is 29.8 Å². The highest BCUT2D eigenvalue weighted by Gasteiger charge is 2.44. The maximum absolute atomic E-state index is 2.56. The molecule has 1 heterocycles. The van der Waals surface area contributed by atoms with Crippen molar-refractivity contribution in [3.63, 3.8) is 0 Å². The van der Waals surface area contributed by atoms with Gasteiger partial charge in [-0.15, -0.1) is 0 Å². The predicted molar refractivity (Wildman–Crippen MR) is 73.6 cm³/mol. The van der Waals surface area contributed by atoms with E-state index in [2.05, 4.69) is 43.0 Å². The van der Waals surface area contributed by atoms with Crippen LogP contribution in [0.2, 0.25) is 0 Å². The van der Waals surface area contributed by atoms with Gasteiger partial charge >= 0.3 is 0 Å². The molecule has 92 valence electrons. The van der Waals surface area contributed by atoms with Gasteiger partial charge in [0.1, 0.15) is 0 Å². The van der Waals surface area contributed by atoms with Crippen molar-refractivity contribution in [3.8, 4) is 0 Å². The van der Waals surface area contributed by atoms with Crippen molar-refractivity contribution in [2.45, 2.75) is 45.4 Å². The monoisotopic (exact) mass is 229 g/mol. The molecule has 0 atom stereocenters. The van der Waals surface area contributed by atoms with E-state index < -0.39 is 0 Å². The molecule has 2 fully saturated rings. The van der Waals surface area contributed by atoms with Gasteiger partial charge in [-0.25, -0.2) is 0 Å². The molecule has 1 heteroatoms. The van der Waals surface area contributed by atoms with Gasteiger partial charge in [-0.05, 0) is 54.7 Å². The molecular weight excluding hydrogens is 206 g/mol. The van der Waals surface area contributed by atoms with Gasteiger partial charge < -0.3 is 4.90 Å². The van der Waals surface area contributed by atoms with Crippen LogP contribution in [0.4, 0.5) is 5.69 Å². The first kappa shape index (κ1) is 11.1. The first-order valence-corrected chi connectivity index (χ1v) is 7.04. The van der Waals surface area contributed by atoms with Gasteiger partial charge in [-0.3, -0.25) is 0 Å². The van der Waals surface area contributed by atoms with Gasteiger partial charge in [0.2, 0.25) is 0 Å². The molecule has 0 bridgehead atoms. The highest BCUT2D eigenvalue weighted by molar-refractivity contribution is 5.48. The fourth-order valence-electron chi connectivity index (χ4n) is 2.99. The SMILES string of the molecule is CC(C)c1ccc(N2CCC3(CC2)CC3)cc1. The van der Waals surface area contributed by atoms with E-state index in [-0.39, 0.29) is 0 Å². The Morgan fingerprint density at radius 3 is 2.00 bits per heavy atom. The van der Waals surface area contributed by atoms with Crippen LogP contribution in [0.3, 0.4) is 0 Å². The third-order valence-electron chi connectivity index (χ3n) is 4.71. The number of piperidine rings is 1. The van der Waals surface area contributed by atoms with Crippen molar-refractivity contribution < 1.29 is 0 Å². The standard InChI is InChI=1S/C16H23N/c1-13(2)14-3-5-15(6-4-14)17-11-9-16(7-8-16)10-12-17/h3-6,13H,7-12H2,1-2H3. The van der Waals surface area contributed by atoms with Crippen molar-refractivity contribution in [2.75, 3.05) is 18.0 Å². The number of nitrogens with zero attached hydrogens (tertiary/aromatic N) is 1. The van der Waals surface area contributed by atoms with E-state index in [1.807, 2.05) is 0 Å². The first-order valence-electron chi connectivity index (χ1n) is 7.04. The predicted octanol–water partition coefficient (Wildman–Crippen LogP) is 4.19. The van der Waals surface area contributed by atoms with Crippen molar-refractivity contribution in [1.82, 2.24) is 0 Å². The minimum absolute atomic E-state index is 0.639. The lowest BCUT2D eigenvalue weighted by molar-refractivity contribution is 0.384. The zero-order valence-corrected chi connectivity index (χ0v) is 11.1. The fraction of sp³-hybridized carbons (Fsp3) is 0.625. The number of hydrogen-bond acceptors (Lipinski definition) is 1. The molecule has 0 N–H and O–H groups in total. The molecule has 0 aromatic heterocycles. The lowest BCUT2D eigenvalue weighted by Crippen LogP contribution is -2.34. The molecule has 1 aromatic rings. The van der Waals surface area contributed by atoms with Crippen LogP contribution in [0.15, 0.2) is 24.3 Å². The Hall–Kier alpha value is -0.980. The van der Waals surface area contributed by atoms with Crippen LogP contribution in [0, 0.1) is 5.41 Å². The van der Waals surface area contributed by atoms with Gasteiger partial charge in [0.15, 0.2) is 0 Å². The quantitative estimate of drug-likeness (QED) is 0.735. The minimum Gasteiger partial charge on any atom is -0.371 e. The summed E-state index contributed by atoms with van der Waals surface area (Å²) < 4.78 is 0. The third-order valence-corrected chi connectivity index (χ3v) is 4.71. The molecule has 1 aliphatic heterocycles. The van der Waals surface area contributed by atoms with E-state index in [0.717, 1.165) is 5.41 Å². The van der Waals surface area contributed by atoms with Gasteiger partial charge in [0, 0.05) is 18.8 Å². The van der Waals surface area contributed by atoms with Crippen LogP contribution in [0.25, 0.3) is 0 Å². The normalized spacial score (nSPS) is 22.2. The molecule has 0 unspecified atom stereocenters. The number of rotatable bonds is 2. The van der Waals surface area contributed by atoms with Gasteiger partial charge in [-0.1, -0.05) is 26.0 Å². The Morgan fingerprint density at radius 1 is 0.941 bits per heavy atom. The summed E-state index contributed by atoms with van der Waals surface area (Å²) in [6, 6.07) is 9.20. The number of anilines is 1. The summed E-state index contributed by atoms with van der Waals surface area (Å²) >= 11 is 0. The van der Waals surface area contributed by atoms with E-state index in [1.165, 1.54) is 50.0 Å². The van der Waals surface area contributed by atoms with Crippen LogP contribution in [-0.2, 0) is 0 Å². The average molecular weight is 229 g/mol. The summed E-state index contributed by atoms with van der Waals surface area (Å²) in [6.07, 6.45) is 5.82. The zero-order chi connectivity index (χ0) is 11.9. The average Bonchev–Trinajstić information content (AvgIpc) is 3.10. The zero-order valence-electron chi connectivity index (χ0n) is 11.1. The maximum atomic E-state index is 2.56. The van der Waals surface area contributed by atoms with Gasteiger partial charge in [0.05, 0.1) is 0 Å². The fourth-order valence-corrected chi connectivity index (χ4v) is 2.99. The molecule has 1 nitrogen and oxygen atoms in total. The molecule has 1 saturated heterocycles. The van der Waals surface area contributed by atoms with E-state index in [9.17, 15) is 0 Å². The van der Waals surface area contributed by atoms with Crippen LogP contribution < -0.4 is 4.90 Å². The van der Waals surface area contributed by atoms with Gasteiger partial charge in [-0.2, -0.15) is 0 Å². The van der Waals surface area contributed by atoms with Crippen LogP contribution >= 0.6 is 0 Å². The highest BCUT2D eigenvalue weighted by atomic mass is 15.1. The Morgan fingerprint density at radius 2 is 1.53 bits per heavy atom. The van der Waals surface area contributed by atoms with Crippen molar-refractivity contribution in [2.24, 2.45) is 5.41 Å². The Labute approximate surface area is 105 Å². The Bertz CT molecular complexity index is 376. The number of benzene rings is 1. The molecule has 17 heavy (non-hydrogen) atoms. The van der Waals surface area contributed by atoms with Crippen LogP contribution in [0.5, 0.6) is 0 Å². The van der Waals surface area contributed by atoms with Gasteiger partial charge in [0.25, 0.3) is 0 Å². The van der Waals surface area contributed by atoms with Crippen LogP contribution in [0.1, 0.15) is 51.0 Å². The first-order chi connectivity index (χ1) is 8.19. The molecule has 3 rings (SSSR count). The Kier molecular flexibility index (Phi) is 2.65. The molecule has 2 aliphatic rings. The van der Waals surface area contributed by atoms with E-state index >= 15 is 0 Å². The number of hydrogen-bond donors (Lipinski definition) is 0. The van der Waals surface area contributed by atoms with E-state index in [0.29, 0.717) is 5.92 Å². The lowest BCUT2D eigenvalue weighted by Gasteiger charge is -2.34. The summed E-state index contributed by atoms with van der Waals surface area (Å²) in [6.45, 7) is 7.04. The molecule has 0 radical (unpaired) electrons. The van der Waals surface area contributed by atoms with E-state index in [1.54, 1.807) is 0 Å². The second kappa shape index (κ2) is 4.04.